The van der Waals surface area contributed by atoms with Crippen LogP contribution < -0.4 is 9.97 Å². The first-order valence-corrected chi connectivity index (χ1v) is 13.8. The van der Waals surface area contributed by atoms with Gasteiger partial charge in [-0.2, -0.15) is 4.68 Å². The number of aromatic amines is 1. The van der Waals surface area contributed by atoms with E-state index in [1.54, 1.807) is 15.2 Å². The molecule has 0 amide bonds. The van der Waals surface area contributed by atoms with E-state index in [4.69, 9.17) is 4.98 Å². The molecule has 3 heterocycles. The fraction of sp³-hybridized carbons (Fsp3) is 0.0606. The van der Waals surface area contributed by atoms with E-state index in [2.05, 4.69) is 4.98 Å². The number of Topliss-reactive ketones (excluding diaryl/α,β-unsaturated/α-hetero) is 1. The summed E-state index contributed by atoms with van der Waals surface area (Å²) in [5.41, 5.74) is 4.91. The van der Waals surface area contributed by atoms with Gasteiger partial charge in [0.1, 0.15) is 11.9 Å². The zero-order chi connectivity index (χ0) is 27.2. The van der Waals surface area contributed by atoms with E-state index in [-0.39, 0.29) is 11.3 Å². The average molecular weight is 541 g/mol. The third-order valence-electron chi connectivity index (χ3n) is 7.20. The molecule has 0 saturated carbocycles. The van der Waals surface area contributed by atoms with Gasteiger partial charge in [-0.05, 0) is 42.3 Å². The SMILES string of the molecule is Cc1nc2ccccc2c(=O)n1N1S/C(=C\c2ccccc2)C(=O)C1c1c(-c2ccccc2)[nH]c2ccccc12. The molecule has 1 fully saturated rings. The summed E-state index contributed by atoms with van der Waals surface area (Å²) in [5, 5.41) is 1.44. The van der Waals surface area contributed by atoms with E-state index in [9.17, 15) is 9.59 Å². The van der Waals surface area contributed by atoms with Crippen molar-refractivity contribution in [2.75, 3.05) is 4.41 Å². The maximum atomic E-state index is 14.4. The molecule has 1 saturated heterocycles. The summed E-state index contributed by atoms with van der Waals surface area (Å²) < 4.78 is 3.36. The number of hydrogen-bond acceptors (Lipinski definition) is 5. The molecular formula is C33H24N4O2S. The van der Waals surface area contributed by atoms with Crippen LogP contribution in [0.25, 0.3) is 39.1 Å². The molecule has 6 aromatic rings. The Balaban J connectivity index is 1.51. The summed E-state index contributed by atoms with van der Waals surface area (Å²) in [4.78, 5) is 37.3. The van der Waals surface area contributed by atoms with Crippen molar-refractivity contribution in [1.82, 2.24) is 14.6 Å². The van der Waals surface area contributed by atoms with Crippen LogP contribution in [-0.2, 0) is 4.79 Å². The molecule has 1 unspecified atom stereocenters. The van der Waals surface area contributed by atoms with Crippen molar-refractivity contribution in [2.24, 2.45) is 0 Å². The zero-order valence-electron chi connectivity index (χ0n) is 21.6. The van der Waals surface area contributed by atoms with Gasteiger partial charge in [-0.25, -0.2) is 9.40 Å². The summed E-state index contributed by atoms with van der Waals surface area (Å²) >= 11 is 1.28. The lowest BCUT2D eigenvalue weighted by Gasteiger charge is -2.27. The van der Waals surface area contributed by atoms with Crippen LogP contribution in [0.2, 0.25) is 0 Å². The monoisotopic (exact) mass is 540 g/mol. The van der Waals surface area contributed by atoms with Gasteiger partial charge in [0.25, 0.3) is 5.56 Å². The highest BCUT2D eigenvalue weighted by Crippen LogP contribution is 2.47. The molecule has 1 N–H and O–H groups in total. The van der Waals surface area contributed by atoms with Gasteiger partial charge in [0.05, 0.1) is 21.5 Å². The van der Waals surface area contributed by atoms with Crippen LogP contribution in [0.1, 0.15) is 23.0 Å². The standard InChI is InChI=1S/C33H24N4O2S/c1-21-34-27-19-11-9-17-25(27)33(39)36(21)37-31(32(38)28(40-37)20-22-12-4-2-5-13-22)29-24-16-8-10-18-26(24)35-30(29)23-14-6-3-7-15-23/h2-20,31,35H,1H3/b28-20-. The number of fused-ring (bicyclic) bond motifs is 2. The highest BCUT2D eigenvalue weighted by atomic mass is 32.2. The fourth-order valence-corrected chi connectivity index (χ4v) is 6.55. The lowest BCUT2D eigenvalue weighted by Crippen LogP contribution is -2.41. The summed E-state index contributed by atoms with van der Waals surface area (Å²) in [5.74, 6) is 0.436. The van der Waals surface area contributed by atoms with E-state index in [1.165, 1.54) is 11.9 Å². The molecule has 1 aliphatic heterocycles. The molecular weight excluding hydrogens is 516 g/mol. The van der Waals surface area contributed by atoms with Gasteiger partial charge in [-0.3, -0.25) is 9.59 Å². The Morgan fingerprint density at radius 3 is 2.23 bits per heavy atom. The Kier molecular flexibility index (Phi) is 5.86. The third kappa shape index (κ3) is 3.94. The van der Waals surface area contributed by atoms with Crippen molar-refractivity contribution < 1.29 is 4.79 Å². The Morgan fingerprint density at radius 2 is 1.45 bits per heavy atom. The van der Waals surface area contributed by atoms with E-state index in [0.29, 0.717) is 21.6 Å². The van der Waals surface area contributed by atoms with Crippen LogP contribution in [-0.4, -0.2) is 20.4 Å². The van der Waals surface area contributed by atoms with Crippen LogP contribution >= 0.6 is 11.9 Å². The predicted octanol–water partition coefficient (Wildman–Crippen LogP) is 6.80. The Hall–Kier alpha value is -4.88. The third-order valence-corrected chi connectivity index (χ3v) is 8.27. The maximum absolute atomic E-state index is 14.4. The molecule has 0 bridgehead atoms. The highest BCUT2D eigenvalue weighted by molar-refractivity contribution is 8.05. The number of nitrogens with one attached hydrogen (secondary N) is 1. The topological polar surface area (TPSA) is 71.0 Å². The van der Waals surface area contributed by atoms with E-state index in [0.717, 1.165) is 33.3 Å². The lowest BCUT2D eigenvalue weighted by molar-refractivity contribution is -0.115. The van der Waals surface area contributed by atoms with Crippen molar-refractivity contribution in [2.45, 2.75) is 13.0 Å². The van der Waals surface area contributed by atoms with Gasteiger partial charge in [0, 0.05) is 28.4 Å². The number of carbonyl (C=O) groups excluding carboxylic acids is 1. The lowest BCUT2D eigenvalue weighted by atomic mass is 9.96. The molecule has 194 valence electrons. The molecule has 7 rings (SSSR count). The van der Waals surface area contributed by atoms with Gasteiger partial charge in [-0.1, -0.05) is 91.0 Å². The first-order chi connectivity index (χ1) is 19.6. The van der Waals surface area contributed by atoms with E-state index >= 15 is 0 Å². The molecule has 0 aliphatic carbocycles. The van der Waals surface area contributed by atoms with Crippen molar-refractivity contribution in [3.8, 4) is 11.3 Å². The van der Waals surface area contributed by atoms with Crippen LogP contribution in [0.15, 0.2) is 119 Å². The van der Waals surface area contributed by atoms with Gasteiger partial charge in [0.2, 0.25) is 5.78 Å². The zero-order valence-corrected chi connectivity index (χ0v) is 22.4. The number of rotatable bonds is 4. The number of aromatic nitrogens is 3. The second kappa shape index (κ2) is 9.70. The van der Waals surface area contributed by atoms with Crippen LogP contribution in [0, 0.1) is 6.92 Å². The predicted molar refractivity (Wildman–Crippen MR) is 162 cm³/mol. The fourth-order valence-electron chi connectivity index (χ4n) is 5.38. The Labute approximate surface area is 234 Å². The molecule has 1 atom stereocenters. The van der Waals surface area contributed by atoms with Crippen LogP contribution in [0.3, 0.4) is 0 Å². The molecule has 2 aromatic heterocycles. The summed E-state index contributed by atoms with van der Waals surface area (Å²) in [6.07, 6.45) is 1.89. The van der Waals surface area contributed by atoms with Crippen molar-refractivity contribution >= 4 is 45.6 Å². The number of H-pyrrole nitrogens is 1. The quantitative estimate of drug-likeness (QED) is 0.197. The minimum Gasteiger partial charge on any atom is -0.354 e. The van der Waals surface area contributed by atoms with Gasteiger partial charge < -0.3 is 4.98 Å². The maximum Gasteiger partial charge on any atom is 0.280 e. The Morgan fingerprint density at radius 1 is 0.800 bits per heavy atom. The number of nitrogens with zero attached hydrogens (tertiary/aromatic N) is 3. The Bertz CT molecular complexity index is 1990. The number of hydrogen-bond donors (Lipinski definition) is 1. The van der Waals surface area contributed by atoms with Crippen molar-refractivity contribution in [1.29, 1.82) is 0 Å². The van der Waals surface area contributed by atoms with Gasteiger partial charge in [-0.15, -0.1) is 0 Å². The number of ketones is 1. The number of benzene rings is 4. The first-order valence-electron chi connectivity index (χ1n) is 13.0. The molecule has 1 aliphatic rings. The molecule has 7 heteroatoms. The van der Waals surface area contributed by atoms with Gasteiger partial charge >= 0.3 is 0 Å². The molecule has 0 spiro atoms. The number of aryl methyl sites for hydroxylation is 1. The van der Waals surface area contributed by atoms with Crippen molar-refractivity contribution in [3.63, 3.8) is 0 Å². The van der Waals surface area contributed by atoms with E-state index < -0.39 is 6.04 Å². The second-order valence-electron chi connectivity index (χ2n) is 9.70. The van der Waals surface area contributed by atoms with Crippen LogP contribution in [0.5, 0.6) is 0 Å². The summed E-state index contributed by atoms with van der Waals surface area (Å²) in [6.45, 7) is 1.81. The summed E-state index contributed by atoms with van der Waals surface area (Å²) in [6, 6.07) is 34.3. The minimum atomic E-state index is -0.773. The smallest absolute Gasteiger partial charge is 0.280 e. The largest absolute Gasteiger partial charge is 0.354 e. The molecule has 0 radical (unpaired) electrons. The minimum absolute atomic E-state index is 0.0738. The second-order valence-corrected chi connectivity index (χ2v) is 10.7. The summed E-state index contributed by atoms with van der Waals surface area (Å²) in [7, 11) is 0. The first kappa shape index (κ1) is 24.2. The average Bonchev–Trinajstić information content (AvgIpc) is 3.51. The normalized spacial score (nSPS) is 16.4. The van der Waals surface area contributed by atoms with Crippen molar-refractivity contribution in [3.05, 3.63) is 141 Å². The molecule has 6 nitrogen and oxygen atoms in total. The highest BCUT2D eigenvalue weighted by Gasteiger charge is 2.43. The number of carbonyl (C=O) groups is 1. The molecule has 40 heavy (non-hydrogen) atoms. The van der Waals surface area contributed by atoms with Gasteiger partial charge in [0.15, 0.2) is 0 Å². The number of para-hydroxylation sites is 2. The van der Waals surface area contributed by atoms with E-state index in [1.807, 2.05) is 116 Å². The van der Waals surface area contributed by atoms with Crippen LogP contribution in [0.4, 0.5) is 0 Å². The molecule has 4 aromatic carbocycles.